The fourth-order valence-electron chi connectivity index (χ4n) is 2.23. The van der Waals surface area contributed by atoms with Crippen LogP contribution in [0, 0.1) is 7.14 Å². The third-order valence-corrected chi connectivity index (χ3v) is 5.40. The highest BCUT2D eigenvalue weighted by Crippen LogP contribution is 2.14. The molecule has 0 atom stereocenters. The van der Waals surface area contributed by atoms with Crippen LogP contribution in [0.1, 0.15) is 20.7 Å². The summed E-state index contributed by atoms with van der Waals surface area (Å²) in [6.45, 7) is 0. The molecule has 1 aliphatic carbocycles. The molecule has 0 N–H and O–H groups in total. The molecule has 26 heavy (non-hydrogen) atoms. The topological polar surface area (TPSA) is 58.9 Å². The number of hydrogen-bond acceptors (Lipinski definition) is 2. The Balaban J connectivity index is 1.75. The van der Waals surface area contributed by atoms with Crippen molar-refractivity contribution in [2.45, 2.75) is 0 Å². The lowest BCUT2D eigenvalue weighted by atomic mass is 10.1. The van der Waals surface area contributed by atoms with E-state index in [-0.39, 0.29) is 11.8 Å². The number of aliphatic imine (C=N–C) groups is 2. The van der Waals surface area contributed by atoms with Crippen molar-refractivity contribution in [3.63, 3.8) is 0 Å². The van der Waals surface area contributed by atoms with Gasteiger partial charge in [-0.3, -0.25) is 9.59 Å². The molecular formula is C20H12I2N2O2. The van der Waals surface area contributed by atoms with Crippen molar-refractivity contribution in [3.8, 4) is 0 Å². The summed E-state index contributed by atoms with van der Waals surface area (Å²) >= 11 is 4.22. The van der Waals surface area contributed by atoms with Crippen LogP contribution in [0.3, 0.4) is 0 Å². The van der Waals surface area contributed by atoms with Crippen LogP contribution < -0.4 is 0 Å². The maximum absolute atomic E-state index is 12.3. The van der Waals surface area contributed by atoms with Gasteiger partial charge in [-0.2, -0.15) is 0 Å². The summed E-state index contributed by atoms with van der Waals surface area (Å²) in [6.07, 6.45) is 6.71. The van der Waals surface area contributed by atoms with Crippen molar-refractivity contribution in [2.24, 2.45) is 9.98 Å². The van der Waals surface area contributed by atoms with Crippen LogP contribution in [0.2, 0.25) is 0 Å². The van der Waals surface area contributed by atoms with Gasteiger partial charge in [-0.1, -0.05) is 24.3 Å². The van der Waals surface area contributed by atoms with Gasteiger partial charge in [-0.15, -0.1) is 0 Å². The van der Waals surface area contributed by atoms with Gasteiger partial charge in [-0.25, -0.2) is 9.98 Å². The molecule has 2 aromatic rings. The van der Waals surface area contributed by atoms with Crippen LogP contribution in [0.25, 0.3) is 0 Å². The maximum atomic E-state index is 12.3. The van der Waals surface area contributed by atoms with Crippen molar-refractivity contribution in [1.82, 2.24) is 0 Å². The molecule has 0 spiro atoms. The van der Waals surface area contributed by atoms with Crippen molar-refractivity contribution >= 4 is 68.4 Å². The summed E-state index contributed by atoms with van der Waals surface area (Å²) in [5.74, 6) is -0.593. The van der Waals surface area contributed by atoms with E-state index in [1.165, 1.54) is 0 Å². The number of carbonyl (C=O) groups is 2. The smallest absolute Gasteiger partial charge is 0.267 e. The molecule has 0 bridgehead atoms. The van der Waals surface area contributed by atoms with Crippen LogP contribution >= 0.6 is 45.2 Å². The van der Waals surface area contributed by atoms with E-state index < -0.39 is 0 Å². The SMILES string of the molecule is O=C(N=C1C=CC(=NC(=O)c2ccccc2I)C=C1)c1ccccc1I. The van der Waals surface area contributed by atoms with Crippen LogP contribution in [-0.4, -0.2) is 23.2 Å². The summed E-state index contributed by atoms with van der Waals surface area (Å²) in [4.78, 5) is 32.8. The highest BCUT2D eigenvalue weighted by molar-refractivity contribution is 14.1. The number of nitrogens with zero attached hydrogens (tertiary/aromatic N) is 2. The highest BCUT2D eigenvalue weighted by atomic mass is 127. The molecule has 6 heteroatoms. The standard InChI is InChI=1S/C20H12I2N2O2/c21-17-7-3-1-5-15(17)19(25)23-13-9-11-14(12-10-13)24-20(26)16-6-2-4-8-18(16)22/h1-12H. The fraction of sp³-hybridized carbons (Fsp3) is 0. The number of halogens is 2. The number of allylic oxidation sites excluding steroid dienone is 4. The zero-order valence-corrected chi connectivity index (χ0v) is 17.7. The molecule has 0 heterocycles. The van der Waals surface area contributed by atoms with E-state index in [9.17, 15) is 9.59 Å². The Bertz CT molecular complexity index is 907. The van der Waals surface area contributed by atoms with E-state index in [0.717, 1.165) is 7.14 Å². The number of benzene rings is 2. The quantitative estimate of drug-likeness (QED) is 0.385. The molecule has 2 aromatic carbocycles. The Morgan fingerprint density at radius 2 is 0.962 bits per heavy atom. The average molecular weight is 566 g/mol. The first-order valence-corrected chi connectivity index (χ1v) is 9.81. The summed E-state index contributed by atoms with van der Waals surface area (Å²) in [6, 6.07) is 14.6. The van der Waals surface area contributed by atoms with Gasteiger partial charge < -0.3 is 0 Å². The second-order valence-corrected chi connectivity index (χ2v) is 7.63. The number of hydrogen-bond donors (Lipinski definition) is 0. The lowest BCUT2D eigenvalue weighted by Gasteiger charge is -2.04. The molecule has 0 aliphatic heterocycles. The summed E-state index contributed by atoms with van der Waals surface area (Å²) in [5, 5.41) is 0. The molecule has 2 amide bonds. The van der Waals surface area contributed by atoms with E-state index in [4.69, 9.17) is 0 Å². The van der Waals surface area contributed by atoms with E-state index in [1.54, 1.807) is 36.4 Å². The molecule has 0 aromatic heterocycles. The van der Waals surface area contributed by atoms with Gasteiger partial charge in [0.25, 0.3) is 11.8 Å². The maximum Gasteiger partial charge on any atom is 0.278 e. The summed E-state index contributed by atoms with van der Waals surface area (Å²) in [5.41, 5.74) is 2.18. The molecule has 3 rings (SSSR count). The van der Waals surface area contributed by atoms with Gasteiger partial charge in [0, 0.05) is 7.14 Å². The van der Waals surface area contributed by atoms with Crippen LogP contribution in [0.5, 0.6) is 0 Å². The molecule has 4 nitrogen and oxygen atoms in total. The van der Waals surface area contributed by atoms with Gasteiger partial charge in [0.1, 0.15) is 0 Å². The van der Waals surface area contributed by atoms with Gasteiger partial charge in [0.2, 0.25) is 0 Å². The van der Waals surface area contributed by atoms with Crippen molar-refractivity contribution in [3.05, 3.63) is 91.1 Å². The first-order chi connectivity index (χ1) is 12.5. The Morgan fingerprint density at radius 3 is 1.31 bits per heavy atom. The highest BCUT2D eigenvalue weighted by Gasteiger charge is 2.11. The summed E-state index contributed by atoms with van der Waals surface area (Å²) < 4.78 is 1.71. The molecular weight excluding hydrogens is 554 g/mol. The van der Waals surface area contributed by atoms with Crippen LogP contribution in [0.4, 0.5) is 0 Å². The molecule has 0 radical (unpaired) electrons. The minimum atomic E-state index is -0.297. The Labute approximate surface area is 178 Å². The Morgan fingerprint density at radius 1 is 0.615 bits per heavy atom. The largest absolute Gasteiger partial charge is 0.278 e. The first kappa shape index (κ1) is 18.8. The predicted molar refractivity (Wildman–Crippen MR) is 120 cm³/mol. The molecule has 1 aliphatic rings. The zero-order chi connectivity index (χ0) is 18.5. The fourth-order valence-corrected chi connectivity index (χ4v) is 3.46. The minimum Gasteiger partial charge on any atom is -0.267 e. The predicted octanol–water partition coefficient (Wildman–Crippen LogP) is 4.88. The second kappa shape index (κ2) is 8.63. The molecule has 0 saturated heterocycles. The molecule has 0 saturated carbocycles. The Hall–Kier alpha value is -1.94. The van der Waals surface area contributed by atoms with Gasteiger partial charge in [-0.05, 0) is 93.8 Å². The lowest BCUT2D eigenvalue weighted by molar-refractivity contribution is 0.0993. The minimum absolute atomic E-state index is 0.297. The number of amides is 2. The average Bonchev–Trinajstić information content (AvgIpc) is 2.64. The second-order valence-electron chi connectivity index (χ2n) is 5.31. The van der Waals surface area contributed by atoms with E-state index in [2.05, 4.69) is 55.2 Å². The van der Waals surface area contributed by atoms with E-state index >= 15 is 0 Å². The third kappa shape index (κ3) is 4.61. The zero-order valence-electron chi connectivity index (χ0n) is 13.4. The number of carbonyl (C=O) groups excluding carboxylic acids is 2. The number of rotatable bonds is 2. The molecule has 128 valence electrons. The molecule has 0 unspecified atom stereocenters. The van der Waals surface area contributed by atoms with Gasteiger partial charge in [0.05, 0.1) is 22.6 Å². The van der Waals surface area contributed by atoms with Gasteiger partial charge >= 0.3 is 0 Å². The van der Waals surface area contributed by atoms with Crippen LogP contribution in [-0.2, 0) is 0 Å². The lowest BCUT2D eigenvalue weighted by Crippen LogP contribution is -2.07. The van der Waals surface area contributed by atoms with Crippen molar-refractivity contribution in [2.75, 3.05) is 0 Å². The van der Waals surface area contributed by atoms with Crippen LogP contribution in [0.15, 0.2) is 82.8 Å². The first-order valence-electron chi connectivity index (χ1n) is 7.66. The molecule has 0 fully saturated rings. The monoisotopic (exact) mass is 566 g/mol. The van der Waals surface area contributed by atoms with E-state index in [0.29, 0.717) is 22.6 Å². The van der Waals surface area contributed by atoms with Crippen molar-refractivity contribution < 1.29 is 9.59 Å². The summed E-state index contributed by atoms with van der Waals surface area (Å²) in [7, 11) is 0. The van der Waals surface area contributed by atoms with Gasteiger partial charge in [0.15, 0.2) is 0 Å². The normalized spacial score (nSPS) is 12.8. The third-order valence-electron chi connectivity index (χ3n) is 3.52. The van der Waals surface area contributed by atoms with Crippen molar-refractivity contribution in [1.29, 1.82) is 0 Å². The Kier molecular flexibility index (Phi) is 6.25. The van der Waals surface area contributed by atoms with E-state index in [1.807, 2.05) is 36.4 Å².